The molecule has 1 atom stereocenters. The molecule has 7 rings (SSSR count). The van der Waals surface area contributed by atoms with Crippen molar-refractivity contribution >= 4 is 5.78 Å². The largest absolute Gasteiger partial charge is 0.390 e. The van der Waals surface area contributed by atoms with E-state index in [2.05, 4.69) is 21.1 Å². The molecule has 9 heteroatoms. The van der Waals surface area contributed by atoms with Gasteiger partial charge < -0.3 is 14.8 Å². The van der Waals surface area contributed by atoms with Gasteiger partial charge in [0, 0.05) is 43.7 Å². The minimum Gasteiger partial charge on any atom is -0.390 e. The summed E-state index contributed by atoms with van der Waals surface area (Å²) in [5.41, 5.74) is 3.06. The number of carbonyl (C=O) groups excluding carboxylic acids is 1. The SMILES string of the molecule is Cn1nccc1C(=O)c1c(CO)nc2n1C1CC(C1)c1ccc(CC(C)(O)c3ncccn3)cc1-2. The lowest BCUT2D eigenvalue weighted by atomic mass is 9.75. The normalized spacial score (nSPS) is 19.8. The number of nitrogens with zero attached hydrogens (tertiary/aromatic N) is 6. The number of aryl methyl sites for hydroxylation is 1. The predicted octanol–water partition coefficient (Wildman–Crippen LogP) is 2.68. The molecule has 1 aliphatic carbocycles. The maximum Gasteiger partial charge on any atom is 0.229 e. The third kappa shape index (κ3) is 3.42. The van der Waals surface area contributed by atoms with Crippen LogP contribution >= 0.6 is 0 Å². The van der Waals surface area contributed by atoms with Crippen LogP contribution in [0.25, 0.3) is 11.4 Å². The number of benzene rings is 1. The van der Waals surface area contributed by atoms with Gasteiger partial charge in [0.15, 0.2) is 5.82 Å². The first kappa shape index (κ1) is 21.8. The molecule has 9 nitrogen and oxygen atoms in total. The Morgan fingerprint density at radius 2 is 1.94 bits per heavy atom. The van der Waals surface area contributed by atoms with E-state index in [-0.39, 0.29) is 18.4 Å². The smallest absolute Gasteiger partial charge is 0.229 e. The maximum atomic E-state index is 13.6. The van der Waals surface area contributed by atoms with Crippen molar-refractivity contribution in [3.63, 3.8) is 0 Å². The molecule has 0 radical (unpaired) electrons. The molecule has 35 heavy (non-hydrogen) atoms. The standard InChI is InChI=1S/C26H26N6O3/c1-26(35,25-27-7-3-8-28-25)13-15-4-5-18-16-11-17(12-16)32-22(23(34)21-6-9-29-31(21)2)20(14-33)30-24(32)19(18)10-15/h3-10,16-17,33,35H,11-14H2,1-2H3. The first-order chi connectivity index (χ1) is 16.9. The lowest BCUT2D eigenvalue weighted by Gasteiger charge is -2.35. The number of aliphatic hydroxyl groups excluding tert-OH is 1. The first-order valence-corrected chi connectivity index (χ1v) is 11.7. The highest BCUT2D eigenvalue weighted by molar-refractivity contribution is 6.08. The summed E-state index contributed by atoms with van der Waals surface area (Å²) in [6.07, 6.45) is 7.00. The molecule has 5 heterocycles. The van der Waals surface area contributed by atoms with Gasteiger partial charge in [0.05, 0.1) is 12.3 Å². The highest BCUT2D eigenvalue weighted by Crippen LogP contribution is 2.53. The maximum absolute atomic E-state index is 13.6. The van der Waals surface area contributed by atoms with Gasteiger partial charge >= 0.3 is 0 Å². The van der Waals surface area contributed by atoms with Crippen molar-refractivity contribution in [2.24, 2.45) is 7.05 Å². The Bertz CT molecular complexity index is 1430. The summed E-state index contributed by atoms with van der Waals surface area (Å²) in [6, 6.07) is 9.74. The Hall–Kier alpha value is -3.69. The van der Waals surface area contributed by atoms with Gasteiger partial charge in [-0.25, -0.2) is 15.0 Å². The third-order valence-corrected chi connectivity index (χ3v) is 7.27. The van der Waals surface area contributed by atoms with Crippen molar-refractivity contribution in [1.29, 1.82) is 0 Å². The average Bonchev–Trinajstić information content (AvgIpc) is 3.36. The molecule has 178 valence electrons. The summed E-state index contributed by atoms with van der Waals surface area (Å²) in [6.45, 7) is 1.38. The Balaban J connectivity index is 1.46. The molecule has 1 saturated carbocycles. The van der Waals surface area contributed by atoms with Gasteiger partial charge in [0.2, 0.25) is 5.78 Å². The van der Waals surface area contributed by atoms with E-state index in [4.69, 9.17) is 4.98 Å². The Labute approximate surface area is 202 Å². The number of hydrogen-bond donors (Lipinski definition) is 2. The summed E-state index contributed by atoms with van der Waals surface area (Å²) in [4.78, 5) is 26.8. The molecule has 1 unspecified atom stereocenters. The van der Waals surface area contributed by atoms with E-state index in [0.717, 1.165) is 24.0 Å². The van der Waals surface area contributed by atoms with Crippen LogP contribution in [0.1, 0.15) is 70.6 Å². The van der Waals surface area contributed by atoms with E-state index in [1.165, 1.54) is 5.56 Å². The molecule has 3 aromatic heterocycles. The van der Waals surface area contributed by atoms with Gasteiger partial charge in [-0.3, -0.25) is 9.48 Å². The number of aromatic nitrogens is 6. The van der Waals surface area contributed by atoms with E-state index in [1.54, 1.807) is 49.4 Å². The fourth-order valence-electron chi connectivity index (χ4n) is 5.46. The van der Waals surface area contributed by atoms with Crippen LogP contribution in [-0.2, 0) is 25.7 Å². The molecular weight excluding hydrogens is 444 g/mol. The van der Waals surface area contributed by atoms with E-state index in [9.17, 15) is 15.0 Å². The van der Waals surface area contributed by atoms with Crippen molar-refractivity contribution in [3.8, 4) is 11.4 Å². The molecular formula is C26H26N6O3. The zero-order valence-corrected chi connectivity index (χ0v) is 19.6. The van der Waals surface area contributed by atoms with Gasteiger partial charge in [-0.15, -0.1) is 0 Å². The number of aliphatic hydroxyl groups is 2. The number of hydrogen-bond acceptors (Lipinski definition) is 7. The Morgan fingerprint density at radius 1 is 1.17 bits per heavy atom. The van der Waals surface area contributed by atoms with E-state index < -0.39 is 5.60 Å². The van der Waals surface area contributed by atoms with E-state index in [0.29, 0.717) is 41.1 Å². The molecule has 2 N–H and O–H groups in total. The minimum atomic E-state index is -1.24. The first-order valence-electron chi connectivity index (χ1n) is 11.7. The minimum absolute atomic E-state index is 0.145. The van der Waals surface area contributed by atoms with Crippen molar-refractivity contribution in [2.45, 2.75) is 50.4 Å². The molecule has 4 aromatic rings. The zero-order valence-electron chi connectivity index (χ0n) is 19.6. The molecule has 2 bridgehead atoms. The van der Waals surface area contributed by atoms with Crippen LogP contribution in [-0.4, -0.2) is 45.3 Å². The topological polar surface area (TPSA) is 119 Å². The average molecular weight is 471 g/mol. The van der Waals surface area contributed by atoms with Crippen LogP contribution in [0.5, 0.6) is 0 Å². The van der Waals surface area contributed by atoms with Crippen LogP contribution in [0, 0.1) is 0 Å². The lowest BCUT2D eigenvalue weighted by molar-refractivity contribution is 0.0480. The zero-order chi connectivity index (χ0) is 24.3. The van der Waals surface area contributed by atoms with Crippen LogP contribution in [0.2, 0.25) is 0 Å². The van der Waals surface area contributed by atoms with Gasteiger partial charge in [-0.1, -0.05) is 12.1 Å². The van der Waals surface area contributed by atoms with Gasteiger partial charge in [-0.05, 0) is 55.0 Å². The number of imidazole rings is 1. The van der Waals surface area contributed by atoms with Gasteiger partial charge in [0.1, 0.15) is 22.8 Å². The van der Waals surface area contributed by atoms with Crippen LogP contribution in [0.3, 0.4) is 0 Å². The monoisotopic (exact) mass is 470 g/mol. The molecule has 2 aliphatic heterocycles. The van der Waals surface area contributed by atoms with Crippen LogP contribution in [0.15, 0.2) is 48.9 Å². The molecule has 1 aromatic carbocycles. The lowest BCUT2D eigenvalue weighted by Crippen LogP contribution is -2.27. The van der Waals surface area contributed by atoms with Crippen molar-refractivity contribution in [1.82, 2.24) is 29.3 Å². The highest BCUT2D eigenvalue weighted by Gasteiger charge is 2.42. The van der Waals surface area contributed by atoms with Gasteiger partial charge in [0.25, 0.3) is 0 Å². The van der Waals surface area contributed by atoms with E-state index >= 15 is 0 Å². The quantitative estimate of drug-likeness (QED) is 0.416. The van der Waals surface area contributed by atoms with Crippen molar-refractivity contribution < 1.29 is 15.0 Å². The van der Waals surface area contributed by atoms with Crippen LogP contribution in [0.4, 0.5) is 0 Å². The number of rotatable bonds is 6. The summed E-state index contributed by atoms with van der Waals surface area (Å²) >= 11 is 0. The highest BCUT2D eigenvalue weighted by atomic mass is 16.3. The summed E-state index contributed by atoms with van der Waals surface area (Å²) in [7, 11) is 1.73. The molecule has 0 saturated heterocycles. The second kappa shape index (κ2) is 7.93. The molecule has 0 amide bonds. The fourth-order valence-corrected chi connectivity index (χ4v) is 5.46. The summed E-state index contributed by atoms with van der Waals surface area (Å²) in [5, 5.41) is 25.4. The second-order valence-corrected chi connectivity index (χ2v) is 9.69. The van der Waals surface area contributed by atoms with Crippen molar-refractivity contribution in [3.05, 3.63) is 83.0 Å². The number of carbonyl (C=O) groups is 1. The van der Waals surface area contributed by atoms with Crippen molar-refractivity contribution in [2.75, 3.05) is 0 Å². The Morgan fingerprint density at radius 3 is 2.63 bits per heavy atom. The summed E-state index contributed by atoms with van der Waals surface area (Å²) < 4.78 is 3.56. The molecule has 0 spiro atoms. The molecule has 1 fully saturated rings. The third-order valence-electron chi connectivity index (χ3n) is 7.27. The van der Waals surface area contributed by atoms with Gasteiger partial charge in [-0.2, -0.15) is 5.10 Å². The Kier molecular flexibility index (Phi) is 4.94. The predicted molar refractivity (Wildman–Crippen MR) is 127 cm³/mol. The second-order valence-electron chi connectivity index (χ2n) is 9.69. The number of ketones is 1. The fraction of sp³-hybridized carbons (Fsp3) is 0.346. The molecule has 3 aliphatic rings. The van der Waals surface area contributed by atoms with E-state index in [1.807, 2.05) is 16.7 Å². The van der Waals surface area contributed by atoms with Crippen LogP contribution < -0.4 is 0 Å². The summed E-state index contributed by atoms with van der Waals surface area (Å²) in [5.74, 6) is 1.25.